The van der Waals surface area contributed by atoms with E-state index in [1.165, 1.54) is 6.39 Å². The van der Waals surface area contributed by atoms with Gasteiger partial charge < -0.3 is 14.5 Å². The standard InChI is InChI=1S/C11H18F2N2O2/c1-2-4-14-6-9-10(17-8-15-9)3-5-16-7-11(12)13/h8,11,14H,2-7H2,1H3. The average molecular weight is 248 g/mol. The third-order valence-electron chi connectivity index (χ3n) is 2.16. The molecule has 0 aromatic carbocycles. The number of hydrogen-bond acceptors (Lipinski definition) is 4. The van der Waals surface area contributed by atoms with Crippen LogP contribution in [0.1, 0.15) is 24.8 Å². The number of alkyl halides is 2. The Bertz CT molecular complexity index is 305. The van der Waals surface area contributed by atoms with Gasteiger partial charge in [-0.2, -0.15) is 0 Å². The van der Waals surface area contributed by atoms with E-state index in [2.05, 4.69) is 17.2 Å². The first-order chi connectivity index (χ1) is 8.24. The smallest absolute Gasteiger partial charge is 0.261 e. The van der Waals surface area contributed by atoms with Gasteiger partial charge in [0.1, 0.15) is 12.4 Å². The molecule has 17 heavy (non-hydrogen) atoms. The fourth-order valence-corrected chi connectivity index (χ4v) is 1.36. The van der Waals surface area contributed by atoms with Crippen LogP contribution in [0.5, 0.6) is 0 Å². The first kappa shape index (κ1) is 14.1. The van der Waals surface area contributed by atoms with Crippen molar-refractivity contribution in [2.75, 3.05) is 19.8 Å². The van der Waals surface area contributed by atoms with E-state index >= 15 is 0 Å². The Morgan fingerprint density at radius 2 is 2.35 bits per heavy atom. The Morgan fingerprint density at radius 1 is 1.53 bits per heavy atom. The molecule has 0 saturated heterocycles. The van der Waals surface area contributed by atoms with Crippen molar-refractivity contribution in [3.8, 4) is 0 Å². The Hall–Kier alpha value is -1.01. The summed E-state index contributed by atoms with van der Waals surface area (Å²) in [5, 5.41) is 3.20. The Balaban J connectivity index is 2.25. The molecule has 0 aliphatic heterocycles. The van der Waals surface area contributed by atoms with E-state index in [0.29, 0.717) is 18.7 Å². The quantitative estimate of drug-likeness (QED) is 0.679. The van der Waals surface area contributed by atoms with Crippen molar-refractivity contribution in [1.29, 1.82) is 0 Å². The van der Waals surface area contributed by atoms with Gasteiger partial charge in [0.15, 0.2) is 6.39 Å². The summed E-state index contributed by atoms with van der Waals surface area (Å²) in [5.74, 6) is 0.697. The van der Waals surface area contributed by atoms with Crippen LogP contribution in [0.25, 0.3) is 0 Å². The molecular formula is C11H18F2N2O2. The van der Waals surface area contributed by atoms with Crippen LogP contribution in [0.2, 0.25) is 0 Å². The largest absolute Gasteiger partial charge is 0.448 e. The first-order valence-electron chi connectivity index (χ1n) is 5.71. The van der Waals surface area contributed by atoms with Crippen LogP contribution in [-0.2, 0) is 17.7 Å². The van der Waals surface area contributed by atoms with Gasteiger partial charge in [-0.05, 0) is 13.0 Å². The molecule has 1 rings (SSSR count). The monoisotopic (exact) mass is 248 g/mol. The third kappa shape index (κ3) is 5.74. The van der Waals surface area contributed by atoms with Crippen molar-refractivity contribution in [3.63, 3.8) is 0 Å². The lowest BCUT2D eigenvalue weighted by atomic mass is 10.2. The highest BCUT2D eigenvalue weighted by Gasteiger charge is 2.08. The summed E-state index contributed by atoms with van der Waals surface area (Å²) in [6.07, 6.45) is 0.460. The van der Waals surface area contributed by atoms with E-state index in [0.717, 1.165) is 18.7 Å². The summed E-state index contributed by atoms with van der Waals surface area (Å²) < 4.78 is 33.6. The fourth-order valence-electron chi connectivity index (χ4n) is 1.36. The SMILES string of the molecule is CCCNCc1ncoc1CCOCC(F)F. The molecule has 0 spiro atoms. The normalized spacial score (nSPS) is 11.3. The van der Waals surface area contributed by atoms with Gasteiger partial charge in [0.25, 0.3) is 6.43 Å². The van der Waals surface area contributed by atoms with Gasteiger partial charge in [-0.3, -0.25) is 0 Å². The summed E-state index contributed by atoms with van der Waals surface area (Å²) >= 11 is 0. The minimum absolute atomic E-state index is 0.223. The Kier molecular flexibility index (Phi) is 6.73. The van der Waals surface area contributed by atoms with E-state index in [4.69, 9.17) is 9.15 Å². The number of hydrogen-bond donors (Lipinski definition) is 1. The van der Waals surface area contributed by atoms with Gasteiger partial charge in [-0.1, -0.05) is 6.92 Å². The van der Waals surface area contributed by atoms with E-state index < -0.39 is 13.0 Å². The zero-order chi connectivity index (χ0) is 12.5. The summed E-state index contributed by atoms with van der Waals surface area (Å²) in [6.45, 7) is 3.31. The predicted molar refractivity (Wildman–Crippen MR) is 59.0 cm³/mol. The predicted octanol–water partition coefficient (Wildman–Crippen LogP) is 2.00. The molecule has 0 aliphatic carbocycles. The van der Waals surface area contributed by atoms with E-state index in [1.54, 1.807) is 0 Å². The zero-order valence-corrected chi connectivity index (χ0v) is 9.92. The fraction of sp³-hybridized carbons (Fsp3) is 0.727. The number of aromatic nitrogens is 1. The molecule has 0 atom stereocenters. The molecule has 0 aliphatic rings. The van der Waals surface area contributed by atoms with Crippen LogP contribution in [0.4, 0.5) is 8.78 Å². The highest BCUT2D eigenvalue weighted by Crippen LogP contribution is 2.08. The van der Waals surface area contributed by atoms with Gasteiger partial charge in [0.2, 0.25) is 0 Å². The number of rotatable bonds is 9. The molecule has 1 aromatic heterocycles. The second kappa shape index (κ2) is 8.14. The highest BCUT2D eigenvalue weighted by atomic mass is 19.3. The molecule has 0 radical (unpaired) electrons. The Morgan fingerprint density at radius 3 is 3.06 bits per heavy atom. The van der Waals surface area contributed by atoms with Gasteiger partial charge in [-0.25, -0.2) is 13.8 Å². The van der Waals surface area contributed by atoms with Crippen molar-refractivity contribution in [2.45, 2.75) is 32.7 Å². The Labute approximate surface area is 99.4 Å². The highest BCUT2D eigenvalue weighted by molar-refractivity contribution is 5.07. The van der Waals surface area contributed by atoms with Crippen molar-refractivity contribution < 1.29 is 17.9 Å². The van der Waals surface area contributed by atoms with Crippen molar-refractivity contribution >= 4 is 0 Å². The summed E-state index contributed by atoms with van der Waals surface area (Å²) in [4.78, 5) is 4.07. The number of nitrogens with one attached hydrogen (secondary N) is 1. The molecule has 6 heteroatoms. The maximum Gasteiger partial charge on any atom is 0.261 e. The molecule has 0 bridgehead atoms. The molecule has 0 fully saturated rings. The molecule has 98 valence electrons. The maximum atomic E-state index is 11.8. The van der Waals surface area contributed by atoms with Gasteiger partial charge >= 0.3 is 0 Å². The molecule has 0 saturated carbocycles. The second-order valence-electron chi connectivity index (χ2n) is 3.62. The molecular weight excluding hydrogens is 230 g/mol. The number of halogens is 2. The third-order valence-corrected chi connectivity index (χ3v) is 2.16. The molecule has 1 aromatic rings. The van der Waals surface area contributed by atoms with Crippen molar-refractivity contribution in [3.05, 3.63) is 17.8 Å². The van der Waals surface area contributed by atoms with E-state index in [9.17, 15) is 8.78 Å². The average Bonchev–Trinajstić information content (AvgIpc) is 2.72. The summed E-state index contributed by atoms with van der Waals surface area (Å²) in [6, 6.07) is 0. The molecule has 0 unspecified atom stereocenters. The second-order valence-corrected chi connectivity index (χ2v) is 3.62. The number of nitrogens with zero attached hydrogens (tertiary/aromatic N) is 1. The van der Waals surface area contributed by atoms with Crippen LogP contribution >= 0.6 is 0 Å². The summed E-state index contributed by atoms with van der Waals surface area (Å²) in [5.41, 5.74) is 0.819. The topological polar surface area (TPSA) is 47.3 Å². The van der Waals surface area contributed by atoms with Crippen molar-refractivity contribution in [2.24, 2.45) is 0 Å². The summed E-state index contributed by atoms with van der Waals surface area (Å²) in [7, 11) is 0. The van der Waals surface area contributed by atoms with Crippen LogP contribution < -0.4 is 5.32 Å². The van der Waals surface area contributed by atoms with E-state index in [1.807, 2.05) is 0 Å². The molecule has 0 amide bonds. The molecule has 4 nitrogen and oxygen atoms in total. The maximum absolute atomic E-state index is 11.8. The minimum Gasteiger partial charge on any atom is -0.448 e. The molecule has 1 N–H and O–H groups in total. The minimum atomic E-state index is -2.42. The van der Waals surface area contributed by atoms with Gasteiger partial charge in [0, 0.05) is 13.0 Å². The zero-order valence-electron chi connectivity index (χ0n) is 9.92. The number of oxazole rings is 1. The molecule has 1 heterocycles. The van der Waals surface area contributed by atoms with Gasteiger partial charge in [-0.15, -0.1) is 0 Å². The first-order valence-corrected chi connectivity index (χ1v) is 5.71. The van der Waals surface area contributed by atoms with E-state index in [-0.39, 0.29) is 6.61 Å². The van der Waals surface area contributed by atoms with Crippen LogP contribution in [0.15, 0.2) is 10.8 Å². The van der Waals surface area contributed by atoms with Crippen LogP contribution in [-0.4, -0.2) is 31.2 Å². The lowest BCUT2D eigenvalue weighted by Crippen LogP contribution is -2.15. The lowest BCUT2D eigenvalue weighted by Gasteiger charge is -2.04. The number of ether oxygens (including phenoxy) is 1. The van der Waals surface area contributed by atoms with Crippen LogP contribution in [0.3, 0.4) is 0 Å². The van der Waals surface area contributed by atoms with Crippen LogP contribution in [0, 0.1) is 0 Å². The lowest BCUT2D eigenvalue weighted by molar-refractivity contribution is 0.0176. The van der Waals surface area contributed by atoms with Gasteiger partial charge in [0.05, 0.1) is 12.3 Å². The van der Waals surface area contributed by atoms with Crippen molar-refractivity contribution in [1.82, 2.24) is 10.3 Å².